The van der Waals surface area contributed by atoms with E-state index in [1.807, 2.05) is 42.5 Å². The van der Waals surface area contributed by atoms with Gasteiger partial charge in [0.05, 0.1) is 18.6 Å². The maximum atomic E-state index is 13.9. The Morgan fingerprint density at radius 3 is 2.43 bits per heavy atom. The first-order chi connectivity index (χ1) is 21.5. The largest absolute Gasteiger partial charge is 0.486 e. The second-order valence-electron chi connectivity index (χ2n) is 12.0. The number of para-hydroxylation sites is 1. The Balaban J connectivity index is 1.36. The number of ether oxygens (including phenoxy) is 3. The Morgan fingerprint density at radius 2 is 1.66 bits per heavy atom. The first kappa shape index (κ1) is 31.9. The molecule has 2 amide bonds. The van der Waals surface area contributed by atoms with Gasteiger partial charge in [0.2, 0.25) is 18.6 Å². The summed E-state index contributed by atoms with van der Waals surface area (Å²) in [5, 5.41) is 23.9. The van der Waals surface area contributed by atoms with E-state index in [1.165, 1.54) is 38.5 Å². The Bertz CT molecular complexity index is 1310. The molecule has 0 bridgehead atoms. The highest BCUT2D eigenvalue weighted by atomic mass is 16.7. The molecule has 9 nitrogen and oxygen atoms in total. The number of aliphatic hydroxyl groups is 2. The number of hydrogen-bond acceptors (Lipinski definition) is 7. The Kier molecular flexibility index (Phi) is 11.2. The minimum atomic E-state index is -1.07. The van der Waals surface area contributed by atoms with E-state index in [0.717, 1.165) is 30.4 Å². The molecule has 3 N–H and O–H groups in total. The highest BCUT2D eigenvalue weighted by Crippen LogP contribution is 2.47. The molecule has 9 heteroatoms. The van der Waals surface area contributed by atoms with Gasteiger partial charge in [0.1, 0.15) is 18.0 Å². The average Bonchev–Trinajstić information content (AvgIpc) is 3.67. The number of hydrogen-bond donors (Lipinski definition) is 3. The smallest absolute Gasteiger partial charge is 0.247 e. The van der Waals surface area contributed by atoms with Crippen LogP contribution in [-0.2, 0) is 16.1 Å². The predicted octanol–water partition coefficient (Wildman–Crippen LogP) is 4.99. The van der Waals surface area contributed by atoms with Gasteiger partial charge in [-0.3, -0.25) is 9.59 Å². The third-order valence-corrected chi connectivity index (χ3v) is 8.84. The summed E-state index contributed by atoms with van der Waals surface area (Å²) in [4.78, 5) is 29.1. The molecule has 2 aliphatic heterocycles. The van der Waals surface area contributed by atoms with Crippen LogP contribution in [0, 0.1) is 0 Å². The van der Waals surface area contributed by atoms with Crippen LogP contribution in [0.25, 0.3) is 0 Å². The highest BCUT2D eigenvalue weighted by Gasteiger charge is 2.50. The summed E-state index contributed by atoms with van der Waals surface area (Å²) in [5.41, 5.74) is 2.08. The summed E-state index contributed by atoms with van der Waals surface area (Å²) < 4.78 is 17.3. The van der Waals surface area contributed by atoms with Gasteiger partial charge in [-0.1, -0.05) is 82.6 Å². The SMILES string of the molecule is CCCCCCCCCCCC(=O)N(Cc1ccc2c(c1)OCO2)[C@@H]1C=C(C(=O)NCCO)[C@@H]2c3ccccc3O[C@@H]2[C@H]1O. The van der Waals surface area contributed by atoms with Crippen molar-refractivity contribution in [1.29, 1.82) is 0 Å². The quantitative estimate of drug-likeness (QED) is 0.231. The minimum Gasteiger partial charge on any atom is -0.486 e. The molecule has 0 spiro atoms. The minimum absolute atomic E-state index is 0.0880. The van der Waals surface area contributed by atoms with E-state index in [0.29, 0.717) is 29.2 Å². The van der Waals surface area contributed by atoms with Crippen LogP contribution in [0.2, 0.25) is 0 Å². The van der Waals surface area contributed by atoms with Gasteiger partial charge in [0, 0.05) is 30.6 Å². The Labute approximate surface area is 260 Å². The molecule has 0 unspecified atom stereocenters. The number of carbonyl (C=O) groups excluding carboxylic acids is 2. The molecule has 3 aliphatic rings. The molecule has 4 atom stereocenters. The standard InChI is InChI=1S/C35H46N2O7/c1-2-3-4-5-6-7-8-9-10-15-31(39)37(22-24-16-17-29-30(20-24)43-23-42-29)27-21-26(35(41)36-18-19-38)32-25-13-11-12-14-28(25)44-34(32)33(27)40/h11-14,16-17,20-21,27,32-34,38,40H,2-10,15,18-19,22-23H2,1H3,(H,36,41)/t27-,32+,33+,34+/m1/s1. The number of unbranched alkanes of at least 4 members (excludes halogenated alkanes) is 8. The first-order valence-electron chi connectivity index (χ1n) is 16.2. The van der Waals surface area contributed by atoms with Crippen molar-refractivity contribution in [3.05, 3.63) is 65.2 Å². The number of aliphatic hydroxyl groups excluding tert-OH is 2. The number of nitrogens with one attached hydrogen (secondary N) is 1. The fraction of sp³-hybridized carbons (Fsp3) is 0.543. The van der Waals surface area contributed by atoms with Crippen molar-refractivity contribution in [3.63, 3.8) is 0 Å². The third kappa shape index (κ3) is 7.38. The molecule has 238 valence electrons. The number of fused-ring (bicyclic) bond motifs is 4. The average molecular weight is 607 g/mol. The van der Waals surface area contributed by atoms with Crippen molar-refractivity contribution < 1.29 is 34.0 Å². The number of rotatable bonds is 16. The Hall–Kier alpha value is -3.56. The highest BCUT2D eigenvalue weighted by molar-refractivity contribution is 5.96. The summed E-state index contributed by atoms with van der Waals surface area (Å²) in [7, 11) is 0. The molecule has 2 aromatic rings. The second kappa shape index (κ2) is 15.4. The molecule has 44 heavy (non-hydrogen) atoms. The zero-order valence-electron chi connectivity index (χ0n) is 25.7. The van der Waals surface area contributed by atoms with E-state index in [1.54, 1.807) is 11.0 Å². The summed E-state index contributed by atoms with van der Waals surface area (Å²) in [6, 6.07) is 12.3. The zero-order chi connectivity index (χ0) is 30.9. The molecule has 0 radical (unpaired) electrons. The lowest BCUT2D eigenvalue weighted by molar-refractivity contribution is -0.138. The molecule has 1 aliphatic carbocycles. The van der Waals surface area contributed by atoms with E-state index in [4.69, 9.17) is 14.2 Å². The fourth-order valence-electron chi connectivity index (χ4n) is 6.52. The van der Waals surface area contributed by atoms with Gasteiger partial charge >= 0.3 is 0 Å². The van der Waals surface area contributed by atoms with Crippen LogP contribution in [0.1, 0.15) is 88.2 Å². The molecular weight excluding hydrogens is 560 g/mol. The van der Waals surface area contributed by atoms with Gasteiger partial charge in [-0.05, 0) is 36.3 Å². The molecule has 5 rings (SSSR count). The molecule has 0 aromatic heterocycles. The maximum absolute atomic E-state index is 13.9. The molecule has 0 saturated carbocycles. The first-order valence-corrected chi connectivity index (χ1v) is 16.2. The second-order valence-corrected chi connectivity index (χ2v) is 12.0. The molecule has 0 saturated heterocycles. The molecule has 2 aromatic carbocycles. The van der Waals surface area contributed by atoms with Crippen molar-refractivity contribution in [3.8, 4) is 17.2 Å². The summed E-state index contributed by atoms with van der Waals surface area (Å²) >= 11 is 0. The number of benzene rings is 2. The van der Waals surface area contributed by atoms with E-state index < -0.39 is 24.2 Å². The van der Waals surface area contributed by atoms with Crippen molar-refractivity contribution in [2.75, 3.05) is 19.9 Å². The molecular formula is C35H46N2O7. The zero-order valence-corrected chi connectivity index (χ0v) is 25.7. The van der Waals surface area contributed by atoms with Gasteiger partial charge in [-0.25, -0.2) is 0 Å². The van der Waals surface area contributed by atoms with Gasteiger partial charge < -0.3 is 34.6 Å². The van der Waals surface area contributed by atoms with Crippen molar-refractivity contribution in [2.24, 2.45) is 0 Å². The van der Waals surface area contributed by atoms with Crippen molar-refractivity contribution in [2.45, 2.75) is 102 Å². The number of nitrogens with zero attached hydrogens (tertiary/aromatic N) is 1. The topological polar surface area (TPSA) is 118 Å². The van der Waals surface area contributed by atoms with Crippen LogP contribution in [0.5, 0.6) is 17.2 Å². The lowest BCUT2D eigenvalue weighted by atomic mass is 9.77. The van der Waals surface area contributed by atoms with Crippen LogP contribution in [0.4, 0.5) is 0 Å². The van der Waals surface area contributed by atoms with Crippen molar-refractivity contribution in [1.82, 2.24) is 10.2 Å². The summed E-state index contributed by atoms with van der Waals surface area (Å²) in [6.07, 6.45) is 10.6. The fourth-order valence-corrected chi connectivity index (χ4v) is 6.52. The van der Waals surface area contributed by atoms with Crippen LogP contribution in [0.3, 0.4) is 0 Å². The third-order valence-electron chi connectivity index (χ3n) is 8.84. The lowest BCUT2D eigenvalue weighted by Crippen LogP contribution is -2.55. The number of amides is 2. The van der Waals surface area contributed by atoms with Gasteiger partial charge in [-0.2, -0.15) is 0 Å². The van der Waals surface area contributed by atoms with E-state index in [2.05, 4.69) is 12.2 Å². The van der Waals surface area contributed by atoms with E-state index in [-0.39, 0.29) is 38.3 Å². The predicted molar refractivity (Wildman–Crippen MR) is 167 cm³/mol. The van der Waals surface area contributed by atoms with Crippen LogP contribution >= 0.6 is 0 Å². The molecule has 2 heterocycles. The number of carbonyl (C=O) groups is 2. The van der Waals surface area contributed by atoms with Crippen LogP contribution in [0.15, 0.2) is 54.1 Å². The van der Waals surface area contributed by atoms with Crippen LogP contribution < -0.4 is 19.5 Å². The Morgan fingerprint density at radius 1 is 0.932 bits per heavy atom. The van der Waals surface area contributed by atoms with Gasteiger partial charge in [0.15, 0.2) is 11.5 Å². The normalized spacial score (nSPS) is 21.2. The van der Waals surface area contributed by atoms with E-state index in [9.17, 15) is 19.8 Å². The lowest BCUT2D eigenvalue weighted by Gasteiger charge is -2.41. The molecule has 0 fully saturated rings. The van der Waals surface area contributed by atoms with Gasteiger partial charge in [-0.15, -0.1) is 0 Å². The van der Waals surface area contributed by atoms with E-state index >= 15 is 0 Å². The van der Waals surface area contributed by atoms with Crippen molar-refractivity contribution >= 4 is 11.8 Å². The monoisotopic (exact) mass is 606 g/mol. The maximum Gasteiger partial charge on any atom is 0.247 e. The van der Waals surface area contributed by atoms with Crippen LogP contribution in [-0.4, -0.2) is 65.1 Å². The summed E-state index contributed by atoms with van der Waals surface area (Å²) in [5.74, 6) is 0.965. The van der Waals surface area contributed by atoms with Gasteiger partial charge in [0.25, 0.3) is 0 Å². The summed E-state index contributed by atoms with van der Waals surface area (Å²) in [6.45, 7) is 2.50.